The average Bonchev–Trinajstić information content (AvgIpc) is 1.81. The van der Waals surface area contributed by atoms with E-state index >= 15 is 0 Å². The Hall–Kier alpha value is 0.1000. The molecule has 1 unspecified atom stereocenters. The molecule has 0 aromatic carbocycles. The maximum Gasteiger partial charge on any atom is 0.182 e. The molecule has 0 rings (SSSR count). The van der Waals surface area contributed by atoms with Gasteiger partial charge in [0, 0.05) is 11.7 Å². The number of rotatable bonds is 2. The van der Waals surface area contributed by atoms with Gasteiger partial charge in [-0.15, -0.1) is 0 Å². The standard InChI is InChI=1S/C8H15BrO3S/c1-7(2,3)6(10)8(4,9)13(5,11)12/h1-5H3. The number of halogens is 1. The highest BCUT2D eigenvalue weighted by Gasteiger charge is 2.45. The third-order valence-corrected chi connectivity index (χ3v) is 5.49. The number of Topliss-reactive ketones (excluding diaryl/α,β-unsaturated/α-hetero) is 1. The molecule has 78 valence electrons. The van der Waals surface area contributed by atoms with E-state index in [4.69, 9.17) is 0 Å². The van der Waals surface area contributed by atoms with E-state index in [1.807, 2.05) is 0 Å². The van der Waals surface area contributed by atoms with Gasteiger partial charge in [0.2, 0.25) is 0 Å². The van der Waals surface area contributed by atoms with E-state index in [0.29, 0.717) is 0 Å². The van der Waals surface area contributed by atoms with Crippen LogP contribution in [0.4, 0.5) is 0 Å². The zero-order chi connectivity index (χ0) is 11.1. The Morgan fingerprint density at radius 3 is 1.54 bits per heavy atom. The molecule has 3 nitrogen and oxygen atoms in total. The Labute approximate surface area is 87.9 Å². The van der Waals surface area contributed by atoms with Crippen LogP contribution in [0.2, 0.25) is 0 Å². The van der Waals surface area contributed by atoms with Crippen LogP contribution in [-0.2, 0) is 14.6 Å². The first-order chi connectivity index (χ1) is 5.40. The summed E-state index contributed by atoms with van der Waals surface area (Å²) < 4.78 is 21.1. The van der Waals surface area contributed by atoms with Crippen molar-refractivity contribution in [2.24, 2.45) is 5.41 Å². The SMILES string of the molecule is CC(C)(C)C(=O)C(C)(Br)S(C)(=O)=O. The van der Waals surface area contributed by atoms with Crippen LogP contribution in [0.3, 0.4) is 0 Å². The molecular weight excluding hydrogens is 256 g/mol. The summed E-state index contributed by atoms with van der Waals surface area (Å²) in [6.07, 6.45) is 1.05. The minimum Gasteiger partial charge on any atom is -0.296 e. The fraction of sp³-hybridized carbons (Fsp3) is 0.875. The fourth-order valence-electron chi connectivity index (χ4n) is 0.838. The second-order valence-electron chi connectivity index (χ2n) is 4.27. The quantitative estimate of drug-likeness (QED) is 0.719. The predicted octanol–water partition coefficient (Wildman–Crippen LogP) is 1.76. The third kappa shape index (κ3) is 2.77. The highest BCUT2D eigenvalue weighted by molar-refractivity contribution is 9.12. The van der Waals surface area contributed by atoms with Crippen molar-refractivity contribution in [1.29, 1.82) is 0 Å². The van der Waals surface area contributed by atoms with Crippen LogP contribution in [0, 0.1) is 5.41 Å². The Bertz CT molecular complexity index is 309. The number of carbonyl (C=O) groups excluding carboxylic acids is 1. The summed E-state index contributed by atoms with van der Waals surface area (Å²) in [6.45, 7) is 6.45. The van der Waals surface area contributed by atoms with Gasteiger partial charge in [-0.1, -0.05) is 36.7 Å². The van der Waals surface area contributed by atoms with Crippen molar-refractivity contribution in [2.75, 3.05) is 6.26 Å². The van der Waals surface area contributed by atoms with Gasteiger partial charge in [-0.25, -0.2) is 8.42 Å². The first-order valence-corrected chi connectivity index (χ1v) is 6.52. The first kappa shape index (κ1) is 13.1. The molecule has 0 aliphatic rings. The van der Waals surface area contributed by atoms with Gasteiger partial charge in [-0.05, 0) is 6.92 Å². The minimum absolute atomic E-state index is 0.331. The molecule has 13 heavy (non-hydrogen) atoms. The van der Waals surface area contributed by atoms with Gasteiger partial charge in [0.15, 0.2) is 19.3 Å². The molecule has 0 radical (unpaired) electrons. The molecule has 0 saturated heterocycles. The molecule has 5 heteroatoms. The second-order valence-corrected chi connectivity index (χ2v) is 8.74. The van der Waals surface area contributed by atoms with E-state index in [1.165, 1.54) is 6.92 Å². The lowest BCUT2D eigenvalue weighted by Gasteiger charge is -2.27. The molecule has 0 fully saturated rings. The van der Waals surface area contributed by atoms with Gasteiger partial charge in [-0.2, -0.15) is 0 Å². The summed E-state index contributed by atoms with van der Waals surface area (Å²) in [5.41, 5.74) is -0.665. The summed E-state index contributed by atoms with van der Waals surface area (Å²) in [7, 11) is -3.42. The predicted molar refractivity (Wildman–Crippen MR) is 56.6 cm³/mol. The molecule has 0 heterocycles. The van der Waals surface area contributed by atoms with Crippen LogP contribution in [0.5, 0.6) is 0 Å². The van der Waals surface area contributed by atoms with Crippen molar-refractivity contribution in [3.8, 4) is 0 Å². The van der Waals surface area contributed by atoms with E-state index in [-0.39, 0.29) is 5.78 Å². The highest BCUT2D eigenvalue weighted by atomic mass is 79.9. The van der Waals surface area contributed by atoms with E-state index in [0.717, 1.165) is 6.26 Å². The molecule has 0 bridgehead atoms. The zero-order valence-electron chi connectivity index (χ0n) is 8.51. The molecule has 0 N–H and O–H groups in total. The highest BCUT2D eigenvalue weighted by Crippen LogP contribution is 2.33. The van der Waals surface area contributed by atoms with Crippen LogP contribution in [0.15, 0.2) is 0 Å². The molecule has 0 saturated carbocycles. The summed E-state index contributed by atoms with van der Waals surface area (Å²) >= 11 is 2.97. The van der Waals surface area contributed by atoms with Crippen molar-refractivity contribution < 1.29 is 13.2 Å². The number of hydrogen-bond donors (Lipinski definition) is 0. The summed E-state index contributed by atoms with van der Waals surface area (Å²) in [4.78, 5) is 11.7. The smallest absolute Gasteiger partial charge is 0.182 e. The number of alkyl halides is 1. The molecule has 0 aliphatic heterocycles. The molecule has 0 aromatic rings. The summed E-state index contributed by atoms with van der Waals surface area (Å²) in [5, 5.41) is 0. The fourth-order valence-corrected chi connectivity index (χ4v) is 2.08. The maximum absolute atomic E-state index is 11.7. The third-order valence-electron chi connectivity index (χ3n) is 1.78. The van der Waals surface area contributed by atoms with Crippen LogP contribution in [0.25, 0.3) is 0 Å². The summed E-state index contributed by atoms with van der Waals surface area (Å²) in [5.74, 6) is -0.331. The van der Waals surface area contributed by atoms with Crippen molar-refractivity contribution in [3.05, 3.63) is 0 Å². The van der Waals surface area contributed by atoms with Crippen LogP contribution >= 0.6 is 15.9 Å². The molecule has 1 atom stereocenters. The second kappa shape index (κ2) is 3.35. The van der Waals surface area contributed by atoms with E-state index in [9.17, 15) is 13.2 Å². The van der Waals surface area contributed by atoms with E-state index in [1.54, 1.807) is 20.8 Å². The Morgan fingerprint density at radius 2 is 1.46 bits per heavy atom. The topological polar surface area (TPSA) is 51.2 Å². The molecule has 0 amide bonds. The van der Waals surface area contributed by atoms with Gasteiger partial charge in [-0.3, -0.25) is 4.79 Å². The van der Waals surface area contributed by atoms with Gasteiger partial charge in [0.1, 0.15) is 0 Å². The lowest BCUT2D eigenvalue weighted by molar-refractivity contribution is -0.126. The van der Waals surface area contributed by atoms with Gasteiger partial charge in [0.25, 0.3) is 0 Å². The van der Waals surface area contributed by atoms with Gasteiger partial charge < -0.3 is 0 Å². The molecule has 0 aliphatic carbocycles. The number of sulfone groups is 1. The zero-order valence-corrected chi connectivity index (χ0v) is 10.9. The van der Waals surface area contributed by atoms with Crippen LogP contribution in [-0.4, -0.2) is 24.1 Å². The number of carbonyl (C=O) groups is 1. The van der Waals surface area contributed by atoms with Gasteiger partial charge in [0.05, 0.1) is 0 Å². The van der Waals surface area contributed by atoms with Crippen molar-refractivity contribution in [3.63, 3.8) is 0 Å². The Morgan fingerprint density at radius 1 is 1.15 bits per heavy atom. The molecular formula is C8H15BrO3S. The summed E-state index contributed by atoms with van der Waals surface area (Å²) in [6, 6.07) is 0. The largest absolute Gasteiger partial charge is 0.296 e. The van der Waals surface area contributed by atoms with Crippen molar-refractivity contribution in [1.82, 2.24) is 0 Å². The lowest BCUT2D eigenvalue weighted by Crippen LogP contribution is -2.43. The first-order valence-electron chi connectivity index (χ1n) is 3.84. The molecule has 0 spiro atoms. The average molecular weight is 271 g/mol. The van der Waals surface area contributed by atoms with E-state index < -0.39 is 18.9 Å². The van der Waals surface area contributed by atoms with Crippen molar-refractivity contribution >= 4 is 31.6 Å². The Balaban J connectivity index is 5.23. The maximum atomic E-state index is 11.7. The van der Waals surface area contributed by atoms with Gasteiger partial charge >= 0.3 is 0 Å². The van der Waals surface area contributed by atoms with E-state index in [2.05, 4.69) is 15.9 Å². The monoisotopic (exact) mass is 270 g/mol. The molecule has 0 aromatic heterocycles. The van der Waals surface area contributed by atoms with Crippen molar-refractivity contribution in [2.45, 2.75) is 31.4 Å². The minimum atomic E-state index is -3.42. The number of hydrogen-bond acceptors (Lipinski definition) is 3. The normalized spacial score (nSPS) is 18.0. The lowest BCUT2D eigenvalue weighted by atomic mass is 9.89. The van der Waals surface area contributed by atoms with Crippen LogP contribution in [0.1, 0.15) is 27.7 Å². The number of ketones is 1. The Kier molecular flexibility index (Phi) is 3.37. The van der Waals surface area contributed by atoms with Crippen LogP contribution < -0.4 is 0 Å².